The molecule has 1 N–H and O–H groups in total. The van der Waals surface area contributed by atoms with Gasteiger partial charge in [-0.3, -0.25) is 9.48 Å². The molecule has 4 aromatic heterocycles. The molecule has 276 valence electrons. The number of hydrogen-bond donors (Lipinski definition) is 1. The van der Waals surface area contributed by atoms with Crippen molar-refractivity contribution >= 4 is 39.3 Å². The zero-order chi connectivity index (χ0) is 37.4. The Morgan fingerprint density at radius 3 is 2.73 bits per heavy atom. The third kappa shape index (κ3) is 8.57. The molecule has 2 atom stereocenters. The summed E-state index contributed by atoms with van der Waals surface area (Å²) in [5.74, 6) is -0.416. The van der Waals surface area contributed by atoms with E-state index in [-0.39, 0.29) is 58.3 Å². The Labute approximate surface area is 307 Å². The number of ether oxygens (including phenoxy) is 2. The smallest absolute Gasteiger partial charge is 0.410 e. The highest BCUT2D eigenvalue weighted by molar-refractivity contribution is 9.10. The molecular formula is C35H41BrF2N10O4. The lowest BCUT2D eigenvalue weighted by Gasteiger charge is -2.40. The first kappa shape index (κ1) is 36.8. The predicted octanol–water partition coefficient (Wildman–Crippen LogP) is 7.08. The van der Waals surface area contributed by atoms with Crippen LogP contribution in [0, 0.1) is 11.3 Å². The Bertz CT molecular complexity index is 2070. The van der Waals surface area contributed by atoms with Crippen LogP contribution in [-0.2, 0) is 11.3 Å². The topological polar surface area (TPSA) is 147 Å². The van der Waals surface area contributed by atoms with Crippen LogP contribution < -0.4 is 10.1 Å². The van der Waals surface area contributed by atoms with Crippen LogP contribution in [0.1, 0.15) is 76.5 Å². The van der Waals surface area contributed by atoms with Gasteiger partial charge in [-0.05, 0) is 69.2 Å². The van der Waals surface area contributed by atoms with Crippen LogP contribution in [0.5, 0.6) is 5.75 Å². The molecule has 5 heterocycles. The van der Waals surface area contributed by atoms with E-state index < -0.39 is 18.1 Å². The van der Waals surface area contributed by atoms with Gasteiger partial charge in [-0.1, -0.05) is 41.9 Å². The lowest BCUT2D eigenvalue weighted by atomic mass is 9.78. The zero-order valence-corrected chi connectivity index (χ0v) is 31.3. The number of hydrogen-bond acceptors (Lipinski definition) is 9. The number of anilines is 1. The molecule has 1 fully saturated rings. The van der Waals surface area contributed by atoms with E-state index in [9.17, 15) is 18.4 Å². The molecule has 0 aliphatic carbocycles. The standard InChI is InChI=1S/C35H41BrF2N10O4/c1-21-15-35(5,6)20-45(33(50)52-34(2,3)4)13-10-27(21)48-18-23(42-44-48)17-46-19-26(41-31(49)25-16-40-47-12-7-11-39-30(25)47)29(43-46)24-14-22(36)8-9-28(24)51-32(37)38/h7-9,11-12,14,16,18-19,21,27,32H,10,13,15,17,20H2,1-6H3,(H,41,49). The fourth-order valence-corrected chi connectivity index (χ4v) is 7.05. The number of amides is 2. The van der Waals surface area contributed by atoms with Gasteiger partial charge in [0.25, 0.3) is 5.91 Å². The number of benzene rings is 1. The number of rotatable bonds is 8. The van der Waals surface area contributed by atoms with Crippen molar-refractivity contribution in [2.45, 2.75) is 79.2 Å². The maximum atomic E-state index is 13.6. The average molecular weight is 784 g/mol. The molecule has 1 aliphatic rings. The van der Waals surface area contributed by atoms with E-state index in [0.29, 0.717) is 35.3 Å². The van der Waals surface area contributed by atoms with Crippen molar-refractivity contribution in [3.63, 3.8) is 0 Å². The first-order valence-electron chi connectivity index (χ1n) is 16.9. The van der Waals surface area contributed by atoms with Crippen LogP contribution >= 0.6 is 15.9 Å². The Kier molecular flexibility index (Phi) is 10.3. The van der Waals surface area contributed by atoms with Crippen molar-refractivity contribution in [1.29, 1.82) is 0 Å². The first-order chi connectivity index (χ1) is 24.5. The SMILES string of the molecule is CC1CC(C)(C)CN(C(=O)OC(C)(C)C)CCC1n1cc(Cn2cc(NC(=O)c3cnn4cccnc34)c(-c3cc(Br)ccc3OC(F)F)n2)nn1. The Balaban J connectivity index is 1.29. The van der Waals surface area contributed by atoms with Crippen molar-refractivity contribution in [3.8, 4) is 17.0 Å². The molecule has 52 heavy (non-hydrogen) atoms. The lowest BCUT2D eigenvalue weighted by Crippen LogP contribution is -2.45. The zero-order valence-electron chi connectivity index (χ0n) is 29.8. The van der Waals surface area contributed by atoms with Gasteiger partial charge >= 0.3 is 12.7 Å². The van der Waals surface area contributed by atoms with Crippen LogP contribution in [0.15, 0.2) is 59.7 Å². The minimum absolute atomic E-state index is 0.0519. The van der Waals surface area contributed by atoms with Crippen molar-refractivity contribution in [2.24, 2.45) is 11.3 Å². The maximum Gasteiger partial charge on any atom is 0.410 e. The summed E-state index contributed by atoms with van der Waals surface area (Å²) < 4.78 is 42.9. The van der Waals surface area contributed by atoms with E-state index in [1.807, 2.05) is 31.6 Å². The molecule has 1 aliphatic heterocycles. The molecule has 17 heteroatoms. The van der Waals surface area contributed by atoms with Crippen LogP contribution in [-0.4, -0.2) is 81.6 Å². The summed E-state index contributed by atoms with van der Waals surface area (Å²) in [6, 6.07) is 6.20. The maximum absolute atomic E-state index is 13.6. The van der Waals surface area contributed by atoms with Gasteiger partial charge in [-0.15, -0.1) is 5.10 Å². The van der Waals surface area contributed by atoms with Crippen LogP contribution in [0.25, 0.3) is 16.9 Å². The van der Waals surface area contributed by atoms with Crippen LogP contribution in [0.3, 0.4) is 0 Å². The Morgan fingerprint density at radius 1 is 1.19 bits per heavy atom. The number of alkyl halides is 2. The van der Waals surface area contributed by atoms with E-state index in [0.717, 1.165) is 6.42 Å². The van der Waals surface area contributed by atoms with Gasteiger partial charge in [0, 0.05) is 41.7 Å². The molecular weight excluding hydrogens is 742 g/mol. The molecule has 1 aromatic carbocycles. The molecule has 5 aromatic rings. The van der Waals surface area contributed by atoms with Crippen molar-refractivity contribution in [3.05, 3.63) is 71.0 Å². The number of nitrogens with one attached hydrogen (secondary N) is 1. The molecule has 1 saturated heterocycles. The van der Waals surface area contributed by atoms with Gasteiger partial charge < -0.3 is 19.7 Å². The van der Waals surface area contributed by atoms with E-state index in [4.69, 9.17) is 14.6 Å². The molecule has 0 bridgehead atoms. The fourth-order valence-electron chi connectivity index (χ4n) is 6.69. The quantitative estimate of drug-likeness (QED) is 0.174. The minimum atomic E-state index is -3.09. The van der Waals surface area contributed by atoms with E-state index in [1.165, 1.54) is 16.8 Å². The number of likely N-dealkylation sites (tertiary alicyclic amines) is 1. The van der Waals surface area contributed by atoms with Crippen LogP contribution in [0.2, 0.25) is 0 Å². The minimum Gasteiger partial charge on any atom is -0.444 e. The number of fused-ring (bicyclic) bond motifs is 1. The number of carbonyl (C=O) groups excluding carboxylic acids is 2. The van der Waals surface area contributed by atoms with E-state index in [2.05, 4.69) is 62.4 Å². The molecule has 0 saturated carbocycles. The number of aromatic nitrogens is 8. The van der Waals surface area contributed by atoms with Crippen molar-refractivity contribution < 1.29 is 27.8 Å². The summed E-state index contributed by atoms with van der Waals surface area (Å²) in [5.41, 5.74) is 1.02. The van der Waals surface area contributed by atoms with E-state index in [1.54, 1.807) is 46.4 Å². The summed E-state index contributed by atoms with van der Waals surface area (Å²) in [6.07, 6.45) is 9.21. The van der Waals surface area contributed by atoms with Gasteiger partial charge in [0.05, 0.1) is 30.7 Å². The van der Waals surface area contributed by atoms with Gasteiger partial charge in [-0.2, -0.15) is 19.0 Å². The monoisotopic (exact) mass is 782 g/mol. The largest absolute Gasteiger partial charge is 0.444 e. The second kappa shape index (κ2) is 14.6. The number of nitrogens with zero attached hydrogens (tertiary/aromatic N) is 9. The third-order valence-corrected chi connectivity index (χ3v) is 9.16. The molecule has 0 radical (unpaired) electrons. The predicted molar refractivity (Wildman–Crippen MR) is 191 cm³/mol. The highest BCUT2D eigenvalue weighted by Gasteiger charge is 2.36. The Hall–Kier alpha value is -4.93. The second-order valence-electron chi connectivity index (χ2n) is 14.8. The highest BCUT2D eigenvalue weighted by Crippen LogP contribution is 2.39. The van der Waals surface area contributed by atoms with Gasteiger partial charge in [-0.25, -0.2) is 19.0 Å². The normalized spacial score (nSPS) is 17.9. The lowest BCUT2D eigenvalue weighted by molar-refractivity contribution is -0.0494. The first-order valence-corrected chi connectivity index (χ1v) is 17.6. The van der Waals surface area contributed by atoms with Crippen molar-refractivity contribution in [1.82, 2.24) is 44.3 Å². The summed E-state index contributed by atoms with van der Waals surface area (Å²) in [7, 11) is 0. The summed E-state index contributed by atoms with van der Waals surface area (Å²) in [6.45, 7) is 10.2. The third-order valence-electron chi connectivity index (χ3n) is 8.66. The van der Waals surface area contributed by atoms with Gasteiger partial charge in [0.2, 0.25) is 0 Å². The second-order valence-corrected chi connectivity index (χ2v) is 15.7. The number of halogens is 3. The molecule has 2 unspecified atom stereocenters. The summed E-state index contributed by atoms with van der Waals surface area (Å²) in [5, 5.41) is 20.7. The van der Waals surface area contributed by atoms with Crippen molar-refractivity contribution in [2.75, 3.05) is 18.4 Å². The van der Waals surface area contributed by atoms with Gasteiger partial charge in [0.1, 0.15) is 28.3 Å². The van der Waals surface area contributed by atoms with Crippen LogP contribution in [0.4, 0.5) is 19.3 Å². The average Bonchev–Trinajstić information content (AvgIpc) is 3.78. The highest BCUT2D eigenvalue weighted by atomic mass is 79.9. The van der Waals surface area contributed by atoms with Gasteiger partial charge in [0.15, 0.2) is 5.65 Å². The molecule has 14 nitrogen and oxygen atoms in total. The summed E-state index contributed by atoms with van der Waals surface area (Å²) in [4.78, 5) is 32.7. The Morgan fingerprint density at radius 2 is 1.98 bits per heavy atom. The molecule has 6 rings (SSSR count). The molecule has 0 spiro atoms. The molecule has 2 amide bonds. The number of carbonyl (C=O) groups is 2. The van der Waals surface area contributed by atoms with E-state index >= 15 is 0 Å². The fraction of sp³-hybridized carbons (Fsp3) is 0.457. The summed E-state index contributed by atoms with van der Waals surface area (Å²) >= 11 is 3.41.